The number of nitrogens with two attached hydrogens (primary N) is 1. The lowest BCUT2D eigenvalue weighted by atomic mass is 10.2. The molecule has 1 aliphatic carbocycles. The Hall–Kier alpha value is -0.810. The highest BCUT2D eigenvalue weighted by Gasteiger charge is 2.49. The van der Waals surface area contributed by atoms with E-state index in [1.54, 1.807) is 0 Å². The molecular weight excluding hydrogens is 184 g/mol. The summed E-state index contributed by atoms with van der Waals surface area (Å²) >= 11 is 0. The van der Waals surface area contributed by atoms with Crippen molar-refractivity contribution in [3.05, 3.63) is 0 Å². The van der Waals surface area contributed by atoms with Crippen LogP contribution in [0.1, 0.15) is 20.3 Å². The number of primary amides is 1. The highest BCUT2D eigenvalue weighted by atomic mass is 16.7. The number of hydrogen-bond acceptors (Lipinski definition) is 3. The third-order valence-electron chi connectivity index (χ3n) is 2.68. The topological polar surface area (TPSA) is 73.6 Å². The Bertz CT molecular complexity index is 254. The molecule has 2 fully saturated rings. The quantitative estimate of drug-likeness (QED) is 0.668. The van der Waals surface area contributed by atoms with Gasteiger partial charge in [0.15, 0.2) is 5.79 Å². The van der Waals surface area contributed by atoms with E-state index in [-0.39, 0.29) is 12.1 Å². The van der Waals surface area contributed by atoms with Crippen LogP contribution in [0, 0.1) is 5.92 Å². The third-order valence-corrected chi connectivity index (χ3v) is 2.68. The zero-order chi connectivity index (χ0) is 10.3. The highest BCUT2D eigenvalue weighted by Crippen LogP contribution is 2.40. The highest BCUT2D eigenvalue weighted by molar-refractivity contribution is 5.72. The van der Waals surface area contributed by atoms with E-state index < -0.39 is 11.8 Å². The second-order valence-corrected chi connectivity index (χ2v) is 4.38. The molecule has 1 aliphatic heterocycles. The van der Waals surface area contributed by atoms with Crippen LogP contribution < -0.4 is 11.1 Å². The number of ether oxygens (including phenoxy) is 2. The molecule has 1 heterocycles. The maximum Gasteiger partial charge on any atom is 0.312 e. The molecule has 0 radical (unpaired) electrons. The lowest BCUT2D eigenvalue weighted by molar-refractivity contribution is -0.140. The van der Waals surface area contributed by atoms with Gasteiger partial charge in [0.2, 0.25) is 0 Å². The van der Waals surface area contributed by atoms with Crippen LogP contribution in [0.25, 0.3) is 0 Å². The first-order chi connectivity index (χ1) is 6.48. The SMILES string of the molecule is CC1(C)OC[C@H]([C@@H]2C[C@@H]2NC(N)=O)O1. The van der Waals surface area contributed by atoms with Gasteiger partial charge in [0, 0.05) is 12.0 Å². The fourth-order valence-corrected chi connectivity index (χ4v) is 1.90. The molecule has 2 aliphatic rings. The Balaban J connectivity index is 1.81. The second-order valence-electron chi connectivity index (χ2n) is 4.38. The van der Waals surface area contributed by atoms with Gasteiger partial charge in [0.05, 0.1) is 12.7 Å². The standard InChI is InChI=1S/C9H16N2O3/c1-9(2)13-4-7(14-9)5-3-6(5)11-8(10)12/h5-7H,3-4H2,1-2H3,(H3,10,11,12)/t5-,6+,7-/m1/s1. The predicted molar refractivity (Wildman–Crippen MR) is 49.5 cm³/mol. The van der Waals surface area contributed by atoms with Crippen LogP contribution >= 0.6 is 0 Å². The van der Waals surface area contributed by atoms with E-state index in [1.807, 2.05) is 13.8 Å². The van der Waals surface area contributed by atoms with Crippen molar-refractivity contribution in [2.75, 3.05) is 6.61 Å². The molecule has 1 saturated carbocycles. The molecule has 2 rings (SSSR count). The monoisotopic (exact) mass is 200 g/mol. The molecule has 2 amide bonds. The van der Waals surface area contributed by atoms with Crippen molar-refractivity contribution < 1.29 is 14.3 Å². The van der Waals surface area contributed by atoms with Crippen molar-refractivity contribution in [3.8, 4) is 0 Å². The maximum atomic E-state index is 10.6. The summed E-state index contributed by atoms with van der Waals surface area (Å²) in [5.74, 6) is -0.117. The van der Waals surface area contributed by atoms with Crippen LogP contribution in [0.4, 0.5) is 4.79 Å². The normalized spacial score (nSPS) is 39.4. The zero-order valence-corrected chi connectivity index (χ0v) is 8.45. The Morgan fingerprint density at radius 3 is 2.79 bits per heavy atom. The van der Waals surface area contributed by atoms with Crippen LogP contribution in [0.3, 0.4) is 0 Å². The van der Waals surface area contributed by atoms with Crippen LogP contribution in [0.5, 0.6) is 0 Å². The van der Waals surface area contributed by atoms with Gasteiger partial charge in [-0.25, -0.2) is 4.79 Å². The van der Waals surface area contributed by atoms with Gasteiger partial charge in [-0.15, -0.1) is 0 Å². The second kappa shape index (κ2) is 3.10. The summed E-state index contributed by atoms with van der Waals surface area (Å²) < 4.78 is 11.1. The van der Waals surface area contributed by atoms with E-state index in [2.05, 4.69) is 5.32 Å². The van der Waals surface area contributed by atoms with E-state index in [9.17, 15) is 4.79 Å². The van der Waals surface area contributed by atoms with Crippen molar-refractivity contribution in [1.82, 2.24) is 5.32 Å². The summed E-state index contributed by atoms with van der Waals surface area (Å²) in [7, 11) is 0. The summed E-state index contributed by atoms with van der Waals surface area (Å²) in [6.07, 6.45) is 1.04. The van der Waals surface area contributed by atoms with Crippen molar-refractivity contribution in [1.29, 1.82) is 0 Å². The number of urea groups is 1. The largest absolute Gasteiger partial charge is 0.352 e. The van der Waals surface area contributed by atoms with E-state index in [1.165, 1.54) is 0 Å². The van der Waals surface area contributed by atoms with Gasteiger partial charge in [0.25, 0.3) is 0 Å². The number of carbonyl (C=O) groups is 1. The van der Waals surface area contributed by atoms with Crippen molar-refractivity contribution in [2.45, 2.75) is 38.2 Å². The minimum Gasteiger partial charge on any atom is -0.352 e. The molecule has 5 heteroatoms. The first kappa shape index (κ1) is 9.73. The van der Waals surface area contributed by atoms with Gasteiger partial charge in [-0.05, 0) is 20.3 Å². The van der Waals surface area contributed by atoms with E-state index in [4.69, 9.17) is 15.2 Å². The van der Waals surface area contributed by atoms with Crippen LogP contribution in [0.15, 0.2) is 0 Å². The molecule has 0 unspecified atom stereocenters. The first-order valence-electron chi connectivity index (χ1n) is 4.86. The molecule has 80 valence electrons. The number of hydrogen-bond donors (Lipinski definition) is 2. The number of rotatable bonds is 2. The number of amides is 2. The summed E-state index contributed by atoms with van der Waals surface area (Å²) in [5, 5.41) is 2.67. The van der Waals surface area contributed by atoms with Crippen molar-refractivity contribution >= 4 is 6.03 Å². The lowest BCUT2D eigenvalue weighted by Gasteiger charge is -2.17. The van der Waals surface area contributed by atoms with Gasteiger partial charge in [0.1, 0.15) is 0 Å². The molecule has 0 aromatic rings. The third kappa shape index (κ3) is 1.99. The molecule has 3 N–H and O–H groups in total. The molecule has 5 nitrogen and oxygen atoms in total. The number of carbonyl (C=O) groups excluding carboxylic acids is 1. The van der Waals surface area contributed by atoms with E-state index in [0.29, 0.717) is 12.5 Å². The molecule has 3 atom stereocenters. The average molecular weight is 200 g/mol. The fraction of sp³-hybridized carbons (Fsp3) is 0.889. The molecule has 0 spiro atoms. The summed E-state index contributed by atoms with van der Waals surface area (Å²) in [4.78, 5) is 10.6. The predicted octanol–water partition coefficient (Wildman–Crippen LogP) is 0.195. The van der Waals surface area contributed by atoms with E-state index >= 15 is 0 Å². The summed E-state index contributed by atoms with van der Waals surface area (Å²) in [6, 6.07) is -0.286. The Morgan fingerprint density at radius 1 is 1.57 bits per heavy atom. The first-order valence-corrected chi connectivity index (χ1v) is 4.86. The molecule has 1 saturated heterocycles. The Morgan fingerprint density at radius 2 is 2.29 bits per heavy atom. The summed E-state index contributed by atoms with van der Waals surface area (Å²) in [5.41, 5.74) is 5.03. The number of nitrogens with one attached hydrogen (secondary N) is 1. The van der Waals surface area contributed by atoms with Gasteiger partial charge >= 0.3 is 6.03 Å². The minimum absolute atomic E-state index is 0.0989. The van der Waals surface area contributed by atoms with E-state index in [0.717, 1.165) is 6.42 Å². The van der Waals surface area contributed by atoms with Gasteiger partial charge < -0.3 is 20.5 Å². The van der Waals surface area contributed by atoms with Crippen molar-refractivity contribution in [2.24, 2.45) is 11.7 Å². The zero-order valence-electron chi connectivity index (χ0n) is 8.45. The smallest absolute Gasteiger partial charge is 0.312 e. The van der Waals surface area contributed by atoms with Crippen molar-refractivity contribution in [3.63, 3.8) is 0 Å². The molecule has 0 aromatic carbocycles. The fourth-order valence-electron chi connectivity index (χ4n) is 1.90. The molecule has 0 bridgehead atoms. The Labute approximate surface area is 82.9 Å². The van der Waals surface area contributed by atoms with Gasteiger partial charge in [-0.3, -0.25) is 0 Å². The lowest BCUT2D eigenvalue weighted by Crippen LogP contribution is -2.34. The minimum atomic E-state index is -0.482. The Kier molecular flexibility index (Phi) is 2.16. The van der Waals surface area contributed by atoms with Crippen LogP contribution in [-0.4, -0.2) is 30.6 Å². The summed E-state index contributed by atoms with van der Waals surface area (Å²) in [6.45, 7) is 4.40. The van der Waals surface area contributed by atoms with Crippen LogP contribution in [0.2, 0.25) is 0 Å². The molecular formula is C9H16N2O3. The molecule has 0 aromatic heterocycles. The average Bonchev–Trinajstić information content (AvgIpc) is 2.67. The maximum absolute atomic E-state index is 10.6. The molecule has 14 heavy (non-hydrogen) atoms. The van der Waals surface area contributed by atoms with Gasteiger partial charge in [-0.2, -0.15) is 0 Å². The van der Waals surface area contributed by atoms with Crippen LogP contribution in [-0.2, 0) is 9.47 Å². The van der Waals surface area contributed by atoms with Gasteiger partial charge in [-0.1, -0.05) is 0 Å².